The first-order chi connectivity index (χ1) is 20.3. The standard InChI is InChI=1S/C34H31FN4O3/c1-20-25(23-15-29(35)28(31(16-23)42-3)19-39-17-24(18-39)34(40)41)8-4-9-26(20)27-10-5-11-30(21(27)2)38-33-32-22(12-14-37-33)7-6-13-36-32/h4-16,24H,17-19H2,1-3H3,(H,37,38)(H,40,41). The van der Waals surface area contributed by atoms with Crippen molar-refractivity contribution in [3.8, 4) is 28.0 Å². The first kappa shape index (κ1) is 27.4. The maximum absolute atomic E-state index is 15.5. The zero-order valence-corrected chi connectivity index (χ0v) is 23.7. The number of halogens is 1. The second kappa shape index (κ2) is 11.2. The van der Waals surface area contributed by atoms with Crippen molar-refractivity contribution in [2.75, 3.05) is 25.5 Å². The van der Waals surface area contributed by atoms with E-state index in [0.717, 1.165) is 50.0 Å². The molecule has 2 N–H and O–H groups in total. The fraction of sp³-hybridized carbons (Fsp3) is 0.206. The Morgan fingerprint density at radius 2 is 1.71 bits per heavy atom. The Hall–Kier alpha value is -4.82. The molecule has 0 bridgehead atoms. The Morgan fingerprint density at radius 1 is 0.976 bits per heavy atom. The number of aliphatic carboxylic acids is 1. The molecule has 42 heavy (non-hydrogen) atoms. The number of benzene rings is 3. The number of nitrogens with one attached hydrogen (secondary N) is 1. The Balaban J connectivity index is 1.32. The highest BCUT2D eigenvalue weighted by Crippen LogP contribution is 2.39. The van der Waals surface area contributed by atoms with Crippen LogP contribution in [0.4, 0.5) is 15.9 Å². The van der Waals surface area contributed by atoms with Crippen LogP contribution >= 0.6 is 0 Å². The molecule has 1 fully saturated rings. The summed E-state index contributed by atoms with van der Waals surface area (Å²) in [6.45, 7) is 5.23. The van der Waals surface area contributed by atoms with Gasteiger partial charge in [-0.05, 0) is 77.6 Å². The zero-order valence-electron chi connectivity index (χ0n) is 23.7. The molecule has 5 aromatic rings. The fourth-order valence-electron chi connectivity index (χ4n) is 5.71. The lowest BCUT2D eigenvalue weighted by molar-refractivity contribution is -0.147. The van der Waals surface area contributed by atoms with Gasteiger partial charge in [0.05, 0.1) is 13.0 Å². The highest BCUT2D eigenvalue weighted by atomic mass is 19.1. The number of nitrogens with zero attached hydrogens (tertiary/aromatic N) is 3. The van der Waals surface area contributed by atoms with Crippen molar-refractivity contribution in [2.24, 2.45) is 5.92 Å². The molecule has 0 radical (unpaired) electrons. The molecule has 3 aromatic carbocycles. The van der Waals surface area contributed by atoms with Crippen molar-refractivity contribution in [1.29, 1.82) is 0 Å². The van der Waals surface area contributed by atoms with Crippen molar-refractivity contribution < 1.29 is 19.0 Å². The quantitative estimate of drug-likeness (QED) is 0.211. The second-order valence-electron chi connectivity index (χ2n) is 10.7. The third kappa shape index (κ3) is 5.05. The monoisotopic (exact) mass is 562 g/mol. The Kier molecular flexibility index (Phi) is 7.31. The second-order valence-corrected chi connectivity index (χ2v) is 10.7. The Labute approximate surface area is 243 Å². The van der Waals surface area contributed by atoms with Gasteiger partial charge in [0, 0.05) is 48.7 Å². The van der Waals surface area contributed by atoms with Gasteiger partial charge in [-0.25, -0.2) is 9.37 Å². The number of fused-ring (bicyclic) bond motifs is 1. The van der Waals surface area contributed by atoms with E-state index >= 15 is 4.39 Å². The van der Waals surface area contributed by atoms with E-state index in [2.05, 4.69) is 34.3 Å². The van der Waals surface area contributed by atoms with Gasteiger partial charge in [0.2, 0.25) is 0 Å². The zero-order chi connectivity index (χ0) is 29.4. The SMILES string of the molecule is COc1cc(-c2cccc(-c3cccc(Nc4nccc5cccnc45)c3C)c2C)cc(F)c1CN1CC(C(=O)O)C1. The lowest BCUT2D eigenvalue weighted by Gasteiger charge is -2.36. The molecule has 1 aliphatic heterocycles. The fourth-order valence-corrected chi connectivity index (χ4v) is 5.71. The maximum Gasteiger partial charge on any atom is 0.309 e. The lowest BCUT2D eigenvalue weighted by atomic mass is 9.90. The molecule has 0 amide bonds. The molecule has 1 saturated heterocycles. The van der Waals surface area contributed by atoms with Crippen molar-refractivity contribution in [3.63, 3.8) is 0 Å². The number of pyridine rings is 2. The molecular formula is C34H31FN4O3. The summed E-state index contributed by atoms with van der Waals surface area (Å²) in [7, 11) is 1.53. The minimum absolute atomic E-state index is 0.304. The van der Waals surface area contributed by atoms with Crippen LogP contribution in [0.25, 0.3) is 33.2 Å². The van der Waals surface area contributed by atoms with Gasteiger partial charge < -0.3 is 15.2 Å². The van der Waals surface area contributed by atoms with Gasteiger partial charge in [-0.2, -0.15) is 0 Å². The molecule has 8 heteroatoms. The van der Waals surface area contributed by atoms with Crippen molar-refractivity contribution >= 4 is 28.4 Å². The number of ether oxygens (including phenoxy) is 1. The summed E-state index contributed by atoms with van der Waals surface area (Å²) in [6, 6.07) is 21.4. The van der Waals surface area contributed by atoms with E-state index in [1.807, 2.05) is 60.4 Å². The third-order valence-corrected chi connectivity index (χ3v) is 8.11. The van der Waals surface area contributed by atoms with Crippen LogP contribution in [-0.2, 0) is 11.3 Å². The Morgan fingerprint density at radius 3 is 2.48 bits per heavy atom. The van der Waals surface area contributed by atoms with E-state index in [4.69, 9.17) is 9.84 Å². The van der Waals surface area contributed by atoms with E-state index in [0.29, 0.717) is 36.8 Å². The summed E-state index contributed by atoms with van der Waals surface area (Å²) in [5.41, 5.74) is 7.97. The number of anilines is 2. The van der Waals surface area contributed by atoms with E-state index in [-0.39, 0.29) is 5.82 Å². The number of hydrogen-bond acceptors (Lipinski definition) is 6. The molecule has 0 unspecified atom stereocenters. The molecule has 6 rings (SSSR count). The number of likely N-dealkylation sites (tertiary alicyclic amines) is 1. The van der Waals surface area contributed by atoms with Crippen LogP contribution in [0.2, 0.25) is 0 Å². The number of hydrogen-bond donors (Lipinski definition) is 2. The average Bonchev–Trinajstić information content (AvgIpc) is 2.96. The van der Waals surface area contributed by atoms with Crippen LogP contribution in [-0.4, -0.2) is 46.1 Å². The predicted octanol–water partition coefficient (Wildman–Crippen LogP) is 6.99. The van der Waals surface area contributed by atoms with Gasteiger partial charge in [-0.1, -0.05) is 36.4 Å². The number of carbonyl (C=O) groups is 1. The van der Waals surface area contributed by atoms with Crippen LogP contribution in [0.3, 0.4) is 0 Å². The minimum Gasteiger partial charge on any atom is -0.496 e. The topological polar surface area (TPSA) is 87.6 Å². The average molecular weight is 563 g/mol. The van der Waals surface area contributed by atoms with Gasteiger partial charge in [-0.3, -0.25) is 14.7 Å². The van der Waals surface area contributed by atoms with Gasteiger partial charge in [0.25, 0.3) is 0 Å². The van der Waals surface area contributed by atoms with Gasteiger partial charge in [0.1, 0.15) is 17.1 Å². The van der Waals surface area contributed by atoms with E-state index in [1.165, 1.54) is 7.11 Å². The number of methoxy groups -OCH3 is 1. The third-order valence-electron chi connectivity index (χ3n) is 8.11. The van der Waals surface area contributed by atoms with E-state index < -0.39 is 11.9 Å². The normalized spacial score (nSPS) is 13.6. The molecule has 0 aliphatic carbocycles. The summed E-state index contributed by atoms with van der Waals surface area (Å²) in [6.07, 6.45) is 3.53. The molecular weight excluding hydrogens is 531 g/mol. The van der Waals surface area contributed by atoms with Crippen LogP contribution in [0.5, 0.6) is 5.75 Å². The van der Waals surface area contributed by atoms with Crippen molar-refractivity contribution in [3.05, 3.63) is 102 Å². The highest BCUT2D eigenvalue weighted by molar-refractivity contribution is 5.91. The van der Waals surface area contributed by atoms with Crippen LogP contribution in [0.1, 0.15) is 16.7 Å². The molecule has 0 spiro atoms. The molecule has 1 aliphatic rings. The summed E-state index contributed by atoms with van der Waals surface area (Å²) >= 11 is 0. The smallest absolute Gasteiger partial charge is 0.309 e. The molecule has 212 valence electrons. The van der Waals surface area contributed by atoms with Gasteiger partial charge in [0.15, 0.2) is 5.82 Å². The molecule has 0 atom stereocenters. The number of rotatable bonds is 8. The van der Waals surface area contributed by atoms with E-state index in [1.54, 1.807) is 18.5 Å². The minimum atomic E-state index is -0.816. The molecule has 3 heterocycles. The van der Waals surface area contributed by atoms with E-state index in [9.17, 15) is 4.79 Å². The number of carboxylic acid groups (broad SMARTS) is 1. The highest BCUT2D eigenvalue weighted by Gasteiger charge is 2.33. The lowest BCUT2D eigenvalue weighted by Crippen LogP contribution is -2.49. The summed E-state index contributed by atoms with van der Waals surface area (Å²) in [4.78, 5) is 22.1. The Bertz CT molecular complexity index is 1810. The largest absolute Gasteiger partial charge is 0.496 e. The van der Waals surface area contributed by atoms with Gasteiger partial charge >= 0.3 is 5.97 Å². The summed E-state index contributed by atoms with van der Waals surface area (Å²) in [5, 5.41) is 13.7. The van der Waals surface area contributed by atoms with Crippen LogP contribution in [0, 0.1) is 25.6 Å². The first-order valence-corrected chi connectivity index (χ1v) is 13.8. The first-order valence-electron chi connectivity index (χ1n) is 13.8. The summed E-state index contributed by atoms with van der Waals surface area (Å²) < 4.78 is 21.1. The summed E-state index contributed by atoms with van der Waals surface area (Å²) in [5.74, 6) is -0.444. The van der Waals surface area contributed by atoms with Crippen LogP contribution < -0.4 is 10.1 Å². The van der Waals surface area contributed by atoms with Crippen molar-refractivity contribution in [2.45, 2.75) is 20.4 Å². The van der Waals surface area contributed by atoms with Gasteiger partial charge in [-0.15, -0.1) is 0 Å². The maximum atomic E-state index is 15.5. The molecule has 0 saturated carbocycles. The number of carboxylic acids is 1. The molecule has 2 aromatic heterocycles. The number of aromatic nitrogens is 2. The predicted molar refractivity (Wildman–Crippen MR) is 163 cm³/mol. The van der Waals surface area contributed by atoms with Crippen LogP contribution in [0.15, 0.2) is 79.1 Å². The van der Waals surface area contributed by atoms with Crippen molar-refractivity contribution in [1.82, 2.24) is 14.9 Å². The molecule has 7 nitrogen and oxygen atoms in total.